The summed E-state index contributed by atoms with van der Waals surface area (Å²) >= 11 is 6.19. The monoisotopic (exact) mass is 432 g/mol. The second kappa shape index (κ2) is 9.82. The fraction of sp³-hybridized carbons (Fsp3) is 0.609. The highest BCUT2D eigenvalue weighted by molar-refractivity contribution is 6.28. The van der Waals surface area contributed by atoms with Gasteiger partial charge in [-0.3, -0.25) is 0 Å². The lowest BCUT2D eigenvalue weighted by Crippen LogP contribution is -2.45. The van der Waals surface area contributed by atoms with E-state index in [0.717, 1.165) is 49.1 Å². The van der Waals surface area contributed by atoms with Crippen LogP contribution < -0.4 is 4.90 Å². The molecule has 0 bridgehead atoms. The van der Waals surface area contributed by atoms with Gasteiger partial charge in [-0.25, -0.2) is 9.78 Å². The molecular formula is C23H33ClN4O2. The zero-order valence-electron chi connectivity index (χ0n) is 18.5. The Morgan fingerprint density at radius 3 is 2.73 bits per heavy atom. The Kier molecular flexibility index (Phi) is 7.40. The van der Waals surface area contributed by atoms with E-state index in [1.807, 2.05) is 49.9 Å². The van der Waals surface area contributed by atoms with Crippen molar-refractivity contribution in [3.05, 3.63) is 29.5 Å². The second-order valence-electron chi connectivity index (χ2n) is 8.96. The highest BCUT2D eigenvalue weighted by Crippen LogP contribution is 2.30. The average molecular weight is 433 g/mol. The van der Waals surface area contributed by atoms with Gasteiger partial charge in [0.2, 0.25) is 5.28 Å². The Morgan fingerprint density at radius 1 is 1.23 bits per heavy atom. The van der Waals surface area contributed by atoms with Crippen molar-refractivity contribution >= 4 is 34.4 Å². The lowest BCUT2D eigenvalue weighted by atomic mass is 10.1. The molecule has 164 valence electrons. The topological polar surface area (TPSA) is 58.6 Å². The molecule has 30 heavy (non-hydrogen) atoms. The molecule has 1 unspecified atom stereocenters. The Bertz CT molecular complexity index is 868. The molecule has 7 heteroatoms. The SMILES string of the molecule is CCCCCCN(C(=O)OC(C)(C)C)C1CCN(c2nc(Cl)nc3ccccc23)C1. The number of amides is 1. The standard InChI is InChI=1S/C23H33ClN4O2/c1-5-6-7-10-14-28(22(29)30-23(2,3)4)17-13-15-27(16-17)20-18-11-8-9-12-19(18)25-21(24)26-20/h8-9,11-12,17H,5-7,10,13-16H2,1-4H3. The lowest BCUT2D eigenvalue weighted by Gasteiger charge is -2.32. The molecule has 0 N–H and O–H groups in total. The maximum Gasteiger partial charge on any atom is 0.410 e. The molecule has 0 aliphatic carbocycles. The fourth-order valence-corrected chi connectivity index (χ4v) is 4.09. The number of fused-ring (bicyclic) bond motifs is 1. The van der Waals surface area contributed by atoms with Gasteiger partial charge >= 0.3 is 6.09 Å². The first kappa shape index (κ1) is 22.6. The van der Waals surface area contributed by atoms with Gasteiger partial charge in [0.05, 0.1) is 11.6 Å². The molecule has 0 radical (unpaired) electrons. The van der Waals surface area contributed by atoms with Gasteiger partial charge in [0.25, 0.3) is 0 Å². The maximum atomic E-state index is 13.0. The predicted molar refractivity (Wildman–Crippen MR) is 122 cm³/mol. The van der Waals surface area contributed by atoms with Gasteiger partial charge in [-0.1, -0.05) is 38.3 Å². The van der Waals surface area contributed by atoms with E-state index < -0.39 is 5.60 Å². The van der Waals surface area contributed by atoms with Crippen LogP contribution >= 0.6 is 11.6 Å². The summed E-state index contributed by atoms with van der Waals surface area (Å²) in [5, 5.41) is 1.23. The molecule has 1 aromatic heterocycles. The van der Waals surface area contributed by atoms with Crippen LogP contribution in [0.1, 0.15) is 59.8 Å². The number of rotatable bonds is 7. The van der Waals surface area contributed by atoms with Crippen molar-refractivity contribution < 1.29 is 9.53 Å². The quantitative estimate of drug-likeness (QED) is 0.416. The van der Waals surface area contributed by atoms with Crippen LogP contribution in [0, 0.1) is 0 Å². The van der Waals surface area contributed by atoms with Crippen molar-refractivity contribution in [3.63, 3.8) is 0 Å². The van der Waals surface area contributed by atoms with E-state index in [2.05, 4.69) is 21.8 Å². The van der Waals surface area contributed by atoms with Gasteiger partial charge in [0.1, 0.15) is 11.4 Å². The molecule has 0 spiro atoms. The fourth-order valence-electron chi connectivity index (χ4n) is 3.91. The zero-order chi connectivity index (χ0) is 21.7. The number of hydrogen-bond acceptors (Lipinski definition) is 5. The molecule has 3 rings (SSSR count). The lowest BCUT2D eigenvalue weighted by molar-refractivity contribution is 0.0174. The van der Waals surface area contributed by atoms with Crippen LogP contribution in [0.2, 0.25) is 5.28 Å². The summed E-state index contributed by atoms with van der Waals surface area (Å²) < 4.78 is 5.72. The zero-order valence-corrected chi connectivity index (χ0v) is 19.3. The molecule has 1 aliphatic heterocycles. The van der Waals surface area contributed by atoms with Gasteiger partial charge < -0.3 is 14.5 Å². The van der Waals surface area contributed by atoms with Crippen molar-refractivity contribution in [1.29, 1.82) is 0 Å². The number of unbranched alkanes of at least 4 members (excludes halogenated alkanes) is 3. The van der Waals surface area contributed by atoms with Crippen molar-refractivity contribution in [2.75, 3.05) is 24.5 Å². The number of carbonyl (C=O) groups excluding carboxylic acids is 1. The van der Waals surface area contributed by atoms with Crippen LogP contribution in [-0.2, 0) is 4.74 Å². The third-order valence-corrected chi connectivity index (χ3v) is 5.51. The van der Waals surface area contributed by atoms with Crippen LogP contribution in [0.3, 0.4) is 0 Å². The molecular weight excluding hydrogens is 400 g/mol. The maximum absolute atomic E-state index is 13.0. The van der Waals surface area contributed by atoms with Crippen molar-refractivity contribution in [2.24, 2.45) is 0 Å². The molecule has 1 saturated heterocycles. The van der Waals surface area contributed by atoms with Crippen LogP contribution in [-0.4, -0.2) is 52.2 Å². The normalized spacial score (nSPS) is 16.8. The highest BCUT2D eigenvalue weighted by Gasteiger charge is 2.34. The Labute approximate surface area is 184 Å². The number of anilines is 1. The smallest absolute Gasteiger partial charge is 0.410 e. The first-order chi connectivity index (χ1) is 14.3. The Balaban J connectivity index is 1.77. The minimum absolute atomic E-state index is 0.0916. The summed E-state index contributed by atoms with van der Waals surface area (Å²) in [5.41, 5.74) is 0.326. The summed E-state index contributed by atoms with van der Waals surface area (Å²) in [6.07, 6.45) is 5.12. The van der Waals surface area contributed by atoms with Gasteiger partial charge in [-0.15, -0.1) is 0 Å². The van der Waals surface area contributed by atoms with E-state index in [0.29, 0.717) is 6.54 Å². The molecule has 2 aromatic rings. The number of benzene rings is 1. The van der Waals surface area contributed by atoms with Gasteiger partial charge in [-0.05, 0) is 57.3 Å². The van der Waals surface area contributed by atoms with Gasteiger partial charge in [-0.2, -0.15) is 4.98 Å². The number of carbonyl (C=O) groups is 1. The largest absolute Gasteiger partial charge is 0.444 e. The third-order valence-electron chi connectivity index (χ3n) is 5.34. The van der Waals surface area contributed by atoms with E-state index in [-0.39, 0.29) is 17.4 Å². The minimum Gasteiger partial charge on any atom is -0.444 e. The number of aromatic nitrogens is 2. The molecule has 2 heterocycles. The van der Waals surface area contributed by atoms with Crippen molar-refractivity contribution in [2.45, 2.75) is 71.4 Å². The Morgan fingerprint density at radius 2 is 2.00 bits per heavy atom. The first-order valence-electron chi connectivity index (χ1n) is 11.0. The molecule has 1 amide bonds. The van der Waals surface area contributed by atoms with Crippen LogP contribution in [0.5, 0.6) is 0 Å². The minimum atomic E-state index is -0.507. The van der Waals surface area contributed by atoms with Crippen LogP contribution in [0.4, 0.5) is 10.6 Å². The molecule has 1 fully saturated rings. The van der Waals surface area contributed by atoms with E-state index in [4.69, 9.17) is 16.3 Å². The summed E-state index contributed by atoms with van der Waals surface area (Å²) in [6.45, 7) is 10.2. The number of hydrogen-bond donors (Lipinski definition) is 0. The van der Waals surface area contributed by atoms with Crippen LogP contribution in [0.15, 0.2) is 24.3 Å². The van der Waals surface area contributed by atoms with E-state index in [1.54, 1.807) is 0 Å². The van der Waals surface area contributed by atoms with Gasteiger partial charge in [0, 0.05) is 25.0 Å². The number of para-hydroxylation sites is 1. The average Bonchev–Trinajstić information content (AvgIpc) is 3.15. The second-order valence-corrected chi connectivity index (χ2v) is 9.29. The summed E-state index contributed by atoms with van der Waals surface area (Å²) in [5.74, 6) is 0.836. The first-order valence-corrected chi connectivity index (χ1v) is 11.3. The van der Waals surface area contributed by atoms with Crippen molar-refractivity contribution in [3.8, 4) is 0 Å². The number of ether oxygens (including phenoxy) is 1. The molecule has 1 aliphatic rings. The third kappa shape index (κ3) is 5.75. The van der Waals surface area contributed by atoms with E-state index in [9.17, 15) is 4.79 Å². The van der Waals surface area contributed by atoms with Gasteiger partial charge in [0.15, 0.2) is 0 Å². The van der Waals surface area contributed by atoms with Crippen LogP contribution in [0.25, 0.3) is 10.9 Å². The number of halogens is 1. The molecule has 6 nitrogen and oxygen atoms in total. The summed E-state index contributed by atoms with van der Waals surface area (Å²) in [4.78, 5) is 25.9. The van der Waals surface area contributed by atoms with Crippen molar-refractivity contribution in [1.82, 2.24) is 14.9 Å². The summed E-state index contributed by atoms with van der Waals surface area (Å²) in [6, 6.07) is 7.99. The Hall–Kier alpha value is -2.08. The molecule has 1 atom stereocenters. The molecule has 0 saturated carbocycles. The molecule has 1 aromatic carbocycles. The van der Waals surface area contributed by atoms with E-state index in [1.165, 1.54) is 12.8 Å². The highest BCUT2D eigenvalue weighted by atomic mass is 35.5. The summed E-state index contributed by atoms with van der Waals surface area (Å²) in [7, 11) is 0. The van der Waals surface area contributed by atoms with E-state index >= 15 is 0 Å². The predicted octanol–water partition coefficient (Wildman–Crippen LogP) is 5.68. The number of nitrogens with zero attached hydrogens (tertiary/aromatic N) is 4.